The zero-order chi connectivity index (χ0) is 19.5. The van der Waals surface area contributed by atoms with E-state index in [1.54, 1.807) is 6.20 Å². The van der Waals surface area contributed by atoms with Crippen LogP contribution in [0.1, 0.15) is 5.56 Å². The summed E-state index contributed by atoms with van der Waals surface area (Å²) in [6, 6.07) is 6.09. The number of anilines is 2. The third-order valence-corrected chi connectivity index (χ3v) is 6.21. The van der Waals surface area contributed by atoms with Gasteiger partial charge in [-0.3, -0.25) is 4.90 Å². The van der Waals surface area contributed by atoms with Gasteiger partial charge in [0.05, 0.1) is 32.1 Å². The van der Waals surface area contributed by atoms with Crippen LogP contribution in [0.5, 0.6) is 11.5 Å². The molecule has 2 aliphatic heterocycles. The Morgan fingerprint density at radius 2 is 1.86 bits per heavy atom. The molecule has 0 atom stereocenters. The minimum Gasteiger partial charge on any atom is -0.451 e. The lowest BCUT2D eigenvalue weighted by Crippen LogP contribution is -2.38. The van der Waals surface area contributed by atoms with Gasteiger partial charge in [0.2, 0.25) is 0 Å². The molecule has 6 nitrogen and oxygen atoms in total. The molecule has 2 aromatic rings. The van der Waals surface area contributed by atoms with Crippen molar-refractivity contribution >= 4 is 43.4 Å². The highest BCUT2D eigenvalue weighted by Gasteiger charge is 2.26. The van der Waals surface area contributed by atoms with Crippen molar-refractivity contribution in [3.05, 3.63) is 38.9 Å². The summed E-state index contributed by atoms with van der Waals surface area (Å²) in [6.07, 6.45) is 1.80. The largest absolute Gasteiger partial charge is 0.451 e. The topological polar surface area (TPSA) is 47.1 Å². The maximum absolute atomic E-state index is 6.11. The van der Waals surface area contributed by atoms with E-state index in [0.717, 1.165) is 77.0 Å². The Labute approximate surface area is 182 Å². The van der Waals surface area contributed by atoms with Crippen LogP contribution in [0.3, 0.4) is 0 Å². The standard InChI is InChI=1S/C20H23Br2N3O3/c1-14-10-17-18(12-16(14)22)28-19-11-15(21)13-23-20(19)25(17)5-9-27-8-4-24-2-6-26-7-3-24/h10-13H,2-9H2,1H3. The summed E-state index contributed by atoms with van der Waals surface area (Å²) in [4.78, 5) is 9.14. The second kappa shape index (κ2) is 9.09. The number of pyridine rings is 1. The number of aromatic nitrogens is 1. The number of rotatable bonds is 6. The van der Waals surface area contributed by atoms with E-state index < -0.39 is 0 Å². The predicted molar refractivity (Wildman–Crippen MR) is 116 cm³/mol. The Morgan fingerprint density at radius 3 is 2.68 bits per heavy atom. The molecular formula is C20H23Br2N3O3. The summed E-state index contributed by atoms with van der Waals surface area (Å²) < 4.78 is 19.3. The SMILES string of the molecule is Cc1cc2c(cc1Br)Oc1cc(Br)cnc1N2CCOCCN1CCOCC1. The second-order valence-electron chi connectivity index (χ2n) is 6.86. The molecule has 0 saturated carbocycles. The molecule has 1 aromatic carbocycles. The number of hydrogen-bond acceptors (Lipinski definition) is 6. The number of ether oxygens (including phenoxy) is 3. The van der Waals surface area contributed by atoms with Crippen LogP contribution in [0.25, 0.3) is 0 Å². The molecule has 0 amide bonds. The highest BCUT2D eigenvalue weighted by Crippen LogP contribution is 2.47. The van der Waals surface area contributed by atoms with Crippen LogP contribution >= 0.6 is 31.9 Å². The van der Waals surface area contributed by atoms with Gasteiger partial charge in [0, 0.05) is 47.4 Å². The molecule has 1 fully saturated rings. The number of halogens is 2. The van der Waals surface area contributed by atoms with E-state index in [0.29, 0.717) is 13.2 Å². The van der Waals surface area contributed by atoms with Gasteiger partial charge in [0.25, 0.3) is 0 Å². The number of morpholine rings is 1. The van der Waals surface area contributed by atoms with E-state index >= 15 is 0 Å². The molecule has 0 N–H and O–H groups in total. The van der Waals surface area contributed by atoms with Gasteiger partial charge < -0.3 is 19.1 Å². The fourth-order valence-corrected chi connectivity index (χ4v) is 4.00. The lowest BCUT2D eigenvalue weighted by molar-refractivity contribution is 0.0213. The first-order chi connectivity index (χ1) is 13.6. The van der Waals surface area contributed by atoms with Crippen molar-refractivity contribution in [1.82, 2.24) is 9.88 Å². The molecule has 4 rings (SSSR count). The highest BCUT2D eigenvalue weighted by atomic mass is 79.9. The van der Waals surface area contributed by atoms with Crippen LogP contribution < -0.4 is 9.64 Å². The normalized spacial score (nSPS) is 16.5. The van der Waals surface area contributed by atoms with Gasteiger partial charge in [-0.15, -0.1) is 0 Å². The molecule has 8 heteroatoms. The Balaban J connectivity index is 1.44. The molecule has 0 radical (unpaired) electrons. The maximum Gasteiger partial charge on any atom is 0.176 e. The molecule has 28 heavy (non-hydrogen) atoms. The van der Waals surface area contributed by atoms with Crippen molar-refractivity contribution in [2.75, 3.05) is 57.5 Å². The number of fused-ring (bicyclic) bond motifs is 2. The molecule has 3 heterocycles. The van der Waals surface area contributed by atoms with Crippen molar-refractivity contribution in [3.63, 3.8) is 0 Å². The van der Waals surface area contributed by atoms with E-state index in [4.69, 9.17) is 14.2 Å². The Hall–Kier alpha value is -1.19. The average molecular weight is 513 g/mol. The summed E-state index contributed by atoms with van der Waals surface area (Å²) in [5.41, 5.74) is 2.17. The molecule has 2 aliphatic rings. The molecule has 150 valence electrons. The van der Waals surface area contributed by atoms with Gasteiger partial charge in [-0.1, -0.05) is 15.9 Å². The van der Waals surface area contributed by atoms with Crippen LogP contribution in [0, 0.1) is 6.92 Å². The maximum atomic E-state index is 6.11. The van der Waals surface area contributed by atoms with Crippen molar-refractivity contribution < 1.29 is 14.2 Å². The third kappa shape index (κ3) is 4.52. The fourth-order valence-electron chi connectivity index (χ4n) is 3.37. The van der Waals surface area contributed by atoms with Crippen LogP contribution in [-0.2, 0) is 9.47 Å². The van der Waals surface area contributed by atoms with Gasteiger partial charge in [0.15, 0.2) is 17.3 Å². The van der Waals surface area contributed by atoms with Crippen molar-refractivity contribution in [1.29, 1.82) is 0 Å². The van der Waals surface area contributed by atoms with Crippen LogP contribution in [0.2, 0.25) is 0 Å². The molecule has 0 spiro atoms. The highest BCUT2D eigenvalue weighted by molar-refractivity contribution is 9.10. The summed E-state index contributed by atoms with van der Waals surface area (Å²) in [5.74, 6) is 2.37. The molecule has 1 aromatic heterocycles. The molecule has 0 bridgehead atoms. The Kier molecular flexibility index (Phi) is 6.52. The van der Waals surface area contributed by atoms with Gasteiger partial charge >= 0.3 is 0 Å². The van der Waals surface area contributed by atoms with Gasteiger partial charge in [-0.05, 0) is 40.5 Å². The minimum atomic E-state index is 0.621. The predicted octanol–water partition coefficient (Wildman–Crippen LogP) is 4.51. The fraction of sp³-hybridized carbons (Fsp3) is 0.450. The summed E-state index contributed by atoms with van der Waals surface area (Å²) >= 11 is 7.08. The summed E-state index contributed by atoms with van der Waals surface area (Å²) in [7, 11) is 0. The third-order valence-electron chi connectivity index (χ3n) is 4.92. The zero-order valence-corrected chi connectivity index (χ0v) is 19.0. The van der Waals surface area contributed by atoms with Crippen molar-refractivity contribution in [2.45, 2.75) is 6.92 Å². The first-order valence-corrected chi connectivity index (χ1v) is 11.0. The van der Waals surface area contributed by atoms with E-state index in [1.807, 2.05) is 12.1 Å². The minimum absolute atomic E-state index is 0.621. The van der Waals surface area contributed by atoms with E-state index in [2.05, 4.69) is 59.6 Å². The number of nitrogens with zero attached hydrogens (tertiary/aromatic N) is 3. The zero-order valence-electron chi connectivity index (χ0n) is 15.8. The van der Waals surface area contributed by atoms with Crippen LogP contribution in [0.4, 0.5) is 11.5 Å². The smallest absolute Gasteiger partial charge is 0.176 e. The summed E-state index contributed by atoms with van der Waals surface area (Å²) in [5, 5.41) is 0. The van der Waals surface area contributed by atoms with E-state index in [-0.39, 0.29) is 0 Å². The first kappa shape index (κ1) is 20.1. The number of benzene rings is 1. The molecule has 0 aliphatic carbocycles. The Morgan fingerprint density at radius 1 is 1.07 bits per heavy atom. The van der Waals surface area contributed by atoms with Gasteiger partial charge in [-0.2, -0.15) is 0 Å². The number of hydrogen-bond donors (Lipinski definition) is 0. The molecular weight excluding hydrogens is 490 g/mol. The first-order valence-electron chi connectivity index (χ1n) is 9.41. The van der Waals surface area contributed by atoms with Gasteiger partial charge in [0.1, 0.15) is 0 Å². The van der Waals surface area contributed by atoms with Gasteiger partial charge in [-0.25, -0.2) is 4.98 Å². The Bertz CT molecular complexity index is 844. The molecule has 1 saturated heterocycles. The van der Waals surface area contributed by atoms with E-state index in [9.17, 15) is 0 Å². The monoisotopic (exact) mass is 511 g/mol. The molecule has 0 unspecified atom stereocenters. The van der Waals surface area contributed by atoms with E-state index in [1.165, 1.54) is 0 Å². The average Bonchev–Trinajstić information content (AvgIpc) is 2.69. The second-order valence-corrected chi connectivity index (χ2v) is 8.63. The van der Waals surface area contributed by atoms with Crippen LogP contribution in [0.15, 0.2) is 33.3 Å². The number of aryl methyl sites for hydroxylation is 1. The quantitative estimate of drug-likeness (QED) is 0.531. The summed E-state index contributed by atoms with van der Waals surface area (Å²) in [6.45, 7) is 8.67. The van der Waals surface area contributed by atoms with Crippen molar-refractivity contribution in [2.24, 2.45) is 0 Å². The van der Waals surface area contributed by atoms with Crippen LogP contribution in [-0.4, -0.2) is 62.5 Å². The van der Waals surface area contributed by atoms with Crippen molar-refractivity contribution in [3.8, 4) is 11.5 Å². The lowest BCUT2D eigenvalue weighted by Gasteiger charge is -2.32. The lowest BCUT2D eigenvalue weighted by atomic mass is 10.1.